The standard InChI is InChI=1S/C11H9F3N2S2/c1-2-17-10-15-9(16-18-10)7-3-5-8(6-4-7)11(12,13)14/h3-6H,2H2,1H3. The van der Waals surface area contributed by atoms with E-state index in [0.717, 1.165) is 22.2 Å². The minimum Gasteiger partial charge on any atom is -0.208 e. The van der Waals surface area contributed by atoms with Crippen LogP contribution in [0.2, 0.25) is 0 Å². The molecule has 1 heterocycles. The van der Waals surface area contributed by atoms with Crippen LogP contribution in [0, 0.1) is 0 Å². The normalized spacial score (nSPS) is 11.8. The Morgan fingerprint density at radius 2 is 1.89 bits per heavy atom. The van der Waals surface area contributed by atoms with Crippen molar-refractivity contribution < 1.29 is 13.2 Å². The minimum absolute atomic E-state index is 0.477. The van der Waals surface area contributed by atoms with Gasteiger partial charge in [-0.05, 0) is 29.4 Å². The van der Waals surface area contributed by atoms with Gasteiger partial charge in [-0.1, -0.05) is 30.8 Å². The molecule has 0 atom stereocenters. The van der Waals surface area contributed by atoms with Crippen LogP contribution in [-0.4, -0.2) is 15.1 Å². The summed E-state index contributed by atoms with van der Waals surface area (Å²) in [6.45, 7) is 2.00. The third kappa shape index (κ3) is 3.02. The van der Waals surface area contributed by atoms with Crippen LogP contribution in [0.5, 0.6) is 0 Å². The number of halogens is 3. The number of hydrogen-bond donors (Lipinski definition) is 0. The van der Waals surface area contributed by atoms with Crippen LogP contribution >= 0.6 is 23.3 Å². The summed E-state index contributed by atoms with van der Waals surface area (Å²) >= 11 is 2.82. The van der Waals surface area contributed by atoms with Crippen molar-refractivity contribution in [3.63, 3.8) is 0 Å². The molecule has 2 aromatic rings. The Balaban J connectivity index is 2.23. The van der Waals surface area contributed by atoms with Crippen molar-refractivity contribution in [2.24, 2.45) is 0 Å². The van der Waals surface area contributed by atoms with Crippen LogP contribution in [0.15, 0.2) is 28.6 Å². The molecule has 96 valence electrons. The highest BCUT2D eigenvalue weighted by Gasteiger charge is 2.30. The van der Waals surface area contributed by atoms with Gasteiger partial charge in [-0.15, -0.1) is 0 Å². The van der Waals surface area contributed by atoms with Gasteiger partial charge in [0, 0.05) is 5.56 Å². The van der Waals surface area contributed by atoms with Crippen molar-refractivity contribution in [3.8, 4) is 11.4 Å². The fraction of sp³-hybridized carbons (Fsp3) is 0.273. The second kappa shape index (κ2) is 5.27. The molecule has 0 unspecified atom stereocenters. The van der Waals surface area contributed by atoms with E-state index in [1.807, 2.05) is 6.92 Å². The first-order valence-electron chi connectivity index (χ1n) is 5.15. The average molecular weight is 290 g/mol. The Morgan fingerprint density at radius 1 is 1.22 bits per heavy atom. The molecule has 0 radical (unpaired) electrons. The first-order chi connectivity index (χ1) is 8.50. The second-order valence-electron chi connectivity index (χ2n) is 3.39. The third-order valence-electron chi connectivity index (χ3n) is 2.15. The van der Waals surface area contributed by atoms with Gasteiger partial charge < -0.3 is 0 Å². The Labute approximate surface area is 110 Å². The molecule has 18 heavy (non-hydrogen) atoms. The van der Waals surface area contributed by atoms with Crippen molar-refractivity contribution in [1.82, 2.24) is 9.36 Å². The first-order valence-corrected chi connectivity index (χ1v) is 6.90. The monoisotopic (exact) mass is 290 g/mol. The lowest BCUT2D eigenvalue weighted by Crippen LogP contribution is -2.04. The number of rotatable bonds is 3. The van der Waals surface area contributed by atoms with Gasteiger partial charge in [-0.2, -0.15) is 17.5 Å². The first kappa shape index (κ1) is 13.4. The van der Waals surface area contributed by atoms with E-state index in [1.54, 1.807) is 11.8 Å². The molecule has 0 aliphatic heterocycles. The molecule has 0 saturated heterocycles. The summed E-state index contributed by atoms with van der Waals surface area (Å²) in [5.74, 6) is 1.37. The van der Waals surface area contributed by atoms with Gasteiger partial charge in [-0.3, -0.25) is 0 Å². The molecule has 0 bridgehead atoms. The molecule has 0 aliphatic carbocycles. The Bertz CT molecular complexity index is 520. The van der Waals surface area contributed by atoms with Crippen LogP contribution in [0.1, 0.15) is 12.5 Å². The largest absolute Gasteiger partial charge is 0.416 e. The van der Waals surface area contributed by atoms with Gasteiger partial charge in [0.15, 0.2) is 10.2 Å². The van der Waals surface area contributed by atoms with Crippen LogP contribution in [0.3, 0.4) is 0 Å². The van der Waals surface area contributed by atoms with Crippen molar-refractivity contribution in [2.45, 2.75) is 17.4 Å². The van der Waals surface area contributed by atoms with Crippen LogP contribution in [0.25, 0.3) is 11.4 Å². The maximum absolute atomic E-state index is 12.4. The number of aromatic nitrogens is 2. The van der Waals surface area contributed by atoms with Gasteiger partial charge in [-0.25, -0.2) is 4.98 Å². The Morgan fingerprint density at radius 3 is 2.44 bits per heavy atom. The molecule has 1 aromatic carbocycles. The molecule has 1 aromatic heterocycles. The van der Waals surface area contributed by atoms with E-state index in [9.17, 15) is 13.2 Å². The lowest BCUT2D eigenvalue weighted by molar-refractivity contribution is -0.137. The summed E-state index contributed by atoms with van der Waals surface area (Å²) in [4.78, 5) is 4.25. The zero-order valence-electron chi connectivity index (χ0n) is 9.36. The molecule has 2 nitrogen and oxygen atoms in total. The van der Waals surface area contributed by atoms with Gasteiger partial charge in [0.1, 0.15) is 0 Å². The van der Waals surface area contributed by atoms with E-state index in [2.05, 4.69) is 9.36 Å². The summed E-state index contributed by atoms with van der Waals surface area (Å²) in [5.41, 5.74) is -0.0631. The maximum Gasteiger partial charge on any atom is 0.416 e. The summed E-state index contributed by atoms with van der Waals surface area (Å²) in [5, 5.41) is 0. The summed E-state index contributed by atoms with van der Waals surface area (Å²) in [7, 11) is 0. The van der Waals surface area contributed by atoms with Crippen molar-refractivity contribution in [2.75, 3.05) is 5.75 Å². The molecule has 0 saturated carbocycles. The summed E-state index contributed by atoms with van der Waals surface area (Å²) in [6.07, 6.45) is -4.31. The van der Waals surface area contributed by atoms with Crippen LogP contribution in [-0.2, 0) is 6.18 Å². The number of alkyl halides is 3. The molecule has 0 aliphatic rings. The van der Waals surface area contributed by atoms with Gasteiger partial charge in [0.05, 0.1) is 5.56 Å². The number of nitrogens with zero attached hydrogens (tertiary/aromatic N) is 2. The Hall–Kier alpha value is -1.08. The number of benzene rings is 1. The van der Waals surface area contributed by atoms with Crippen molar-refractivity contribution in [3.05, 3.63) is 29.8 Å². The van der Waals surface area contributed by atoms with Crippen LogP contribution in [0.4, 0.5) is 13.2 Å². The highest BCUT2D eigenvalue weighted by molar-refractivity contribution is 8.00. The van der Waals surface area contributed by atoms with Gasteiger partial charge >= 0.3 is 6.18 Å². The number of thioether (sulfide) groups is 1. The highest BCUT2D eigenvalue weighted by Crippen LogP contribution is 2.31. The lowest BCUT2D eigenvalue weighted by atomic mass is 10.1. The van der Waals surface area contributed by atoms with E-state index >= 15 is 0 Å². The molecule has 0 amide bonds. The molecule has 0 spiro atoms. The predicted molar refractivity (Wildman–Crippen MR) is 66.7 cm³/mol. The van der Waals surface area contributed by atoms with E-state index in [-0.39, 0.29) is 0 Å². The lowest BCUT2D eigenvalue weighted by Gasteiger charge is -2.06. The van der Waals surface area contributed by atoms with Crippen molar-refractivity contribution in [1.29, 1.82) is 0 Å². The predicted octanol–water partition coefficient (Wildman–Crippen LogP) is 4.34. The summed E-state index contributed by atoms with van der Waals surface area (Å²) in [6, 6.07) is 4.88. The fourth-order valence-corrected chi connectivity index (χ4v) is 2.83. The Kier molecular flexibility index (Phi) is 3.91. The third-order valence-corrected chi connectivity index (χ3v) is 3.86. The quantitative estimate of drug-likeness (QED) is 0.787. The zero-order valence-corrected chi connectivity index (χ0v) is 11.0. The minimum atomic E-state index is -4.31. The SMILES string of the molecule is CCSc1nc(-c2ccc(C(F)(F)F)cc2)ns1. The van der Waals surface area contributed by atoms with E-state index < -0.39 is 11.7 Å². The molecule has 2 rings (SSSR count). The molecule has 0 fully saturated rings. The molecular formula is C11H9F3N2S2. The van der Waals surface area contributed by atoms with E-state index in [4.69, 9.17) is 0 Å². The van der Waals surface area contributed by atoms with Crippen LogP contribution < -0.4 is 0 Å². The maximum atomic E-state index is 12.4. The number of hydrogen-bond acceptors (Lipinski definition) is 4. The van der Waals surface area contributed by atoms with Gasteiger partial charge in [0.2, 0.25) is 0 Å². The molecule has 0 N–H and O–H groups in total. The van der Waals surface area contributed by atoms with Gasteiger partial charge in [0.25, 0.3) is 0 Å². The van der Waals surface area contributed by atoms with E-state index in [0.29, 0.717) is 11.4 Å². The fourth-order valence-electron chi connectivity index (χ4n) is 1.32. The zero-order chi connectivity index (χ0) is 13.2. The topological polar surface area (TPSA) is 25.8 Å². The second-order valence-corrected chi connectivity index (χ2v) is 5.66. The molecular weight excluding hydrogens is 281 g/mol. The average Bonchev–Trinajstić information content (AvgIpc) is 2.77. The summed E-state index contributed by atoms with van der Waals surface area (Å²) < 4.78 is 42.1. The van der Waals surface area contributed by atoms with Crippen molar-refractivity contribution >= 4 is 23.3 Å². The van der Waals surface area contributed by atoms with E-state index in [1.165, 1.54) is 23.7 Å². The molecule has 7 heteroatoms. The highest BCUT2D eigenvalue weighted by atomic mass is 32.2. The smallest absolute Gasteiger partial charge is 0.208 e.